The first-order valence-electron chi connectivity index (χ1n) is 8.79. The summed E-state index contributed by atoms with van der Waals surface area (Å²) in [7, 11) is -1.26. The number of amides is 2. The minimum Gasteiger partial charge on any atom is -0.347 e. The van der Waals surface area contributed by atoms with Crippen LogP contribution >= 0.6 is 11.3 Å². The van der Waals surface area contributed by atoms with Crippen LogP contribution in [0.4, 0.5) is 0 Å². The molecule has 26 heavy (non-hydrogen) atoms. The molecule has 2 rings (SSSR count). The number of rotatable bonds is 6. The first-order valence-corrected chi connectivity index (χ1v) is 11.5. The monoisotopic (exact) mass is 401 g/mol. The van der Waals surface area contributed by atoms with Gasteiger partial charge < -0.3 is 10.2 Å². The van der Waals surface area contributed by atoms with Gasteiger partial charge >= 0.3 is 0 Å². The van der Waals surface area contributed by atoms with Crippen LogP contribution in [0, 0.1) is 5.92 Å². The third-order valence-corrected chi connectivity index (χ3v) is 7.19. The van der Waals surface area contributed by atoms with E-state index in [1.54, 1.807) is 17.3 Å². The van der Waals surface area contributed by atoms with E-state index in [1.165, 1.54) is 18.3 Å². The van der Waals surface area contributed by atoms with E-state index in [0.717, 1.165) is 11.4 Å². The van der Waals surface area contributed by atoms with Crippen LogP contribution in [0.15, 0.2) is 5.38 Å². The molecule has 0 spiro atoms. The highest BCUT2D eigenvalue weighted by Crippen LogP contribution is 2.26. The quantitative estimate of drug-likeness (QED) is 0.787. The average Bonchev–Trinajstić information content (AvgIpc) is 3.02. The Morgan fingerprint density at radius 3 is 2.50 bits per heavy atom. The highest BCUT2D eigenvalue weighted by atomic mass is 32.2. The van der Waals surface area contributed by atoms with E-state index in [0.29, 0.717) is 24.5 Å². The van der Waals surface area contributed by atoms with Crippen LogP contribution in [0.3, 0.4) is 0 Å². The molecule has 0 bridgehead atoms. The van der Waals surface area contributed by atoms with Crippen molar-refractivity contribution in [2.75, 3.05) is 18.6 Å². The Bertz CT molecular complexity index is 744. The maximum absolute atomic E-state index is 12.7. The number of thiazole rings is 1. The third kappa shape index (κ3) is 5.51. The first kappa shape index (κ1) is 20.8. The zero-order chi connectivity index (χ0) is 19.5. The predicted octanol–water partition coefficient (Wildman–Crippen LogP) is 2.02. The van der Waals surface area contributed by atoms with Crippen molar-refractivity contribution in [3.8, 4) is 0 Å². The van der Waals surface area contributed by atoms with Crippen LogP contribution in [0.5, 0.6) is 0 Å². The van der Waals surface area contributed by atoms with Gasteiger partial charge in [-0.05, 0) is 25.2 Å². The topological polar surface area (TPSA) is 96.4 Å². The molecule has 1 aliphatic rings. The predicted molar refractivity (Wildman–Crippen MR) is 102 cm³/mol. The number of nitrogens with one attached hydrogen (secondary N) is 1. The molecule has 1 fully saturated rings. The molecule has 146 valence electrons. The second-order valence-electron chi connectivity index (χ2n) is 7.25. The molecule has 1 aliphatic heterocycles. The van der Waals surface area contributed by atoms with Gasteiger partial charge in [0.05, 0.1) is 17.5 Å². The fourth-order valence-electron chi connectivity index (χ4n) is 3.10. The average molecular weight is 402 g/mol. The number of hydrogen-bond acceptors (Lipinski definition) is 6. The van der Waals surface area contributed by atoms with Gasteiger partial charge in [-0.1, -0.05) is 13.8 Å². The van der Waals surface area contributed by atoms with Crippen molar-refractivity contribution in [2.45, 2.75) is 52.1 Å². The van der Waals surface area contributed by atoms with Crippen molar-refractivity contribution in [1.29, 1.82) is 0 Å². The molecule has 2 amide bonds. The number of carbonyl (C=O) groups excluding carboxylic acids is 2. The SMILES string of the molecule is CC(=O)N[C@@H](CC(C)C)c1nc(C(=O)N(C)C2CCS(=O)(=O)CC2)cs1. The lowest BCUT2D eigenvalue weighted by Gasteiger charge is -2.30. The third-order valence-electron chi connectivity index (χ3n) is 4.52. The van der Waals surface area contributed by atoms with Crippen LogP contribution in [0.1, 0.15) is 61.6 Å². The molecular formula is C17H27N3O4S2. The van der Waals surface area contributed by atoms with E-state index in [9.17, 15) is 18.0 Å². The second-order valence-corrected chi connectivity index (χ2v) is 10.4. The van der Waals surface area contributed by atoms with E-state index in [2.05, 4.69) is 24.1 Å². The normalized spacial score (nSPS) is 18.5. The molecule has 0 aromatic carbocycles. The Morgan fingerprint density at radius 1 is 1.35 bits per heavy atom. The summed E-state index contributed by atoms with van der Waals surface area (Å²) in [4.78, 5) is 30.2. The van der Waals surface area contributed by atoms with Gasteiger partial charge in [-0.3, -0.25) is 9.59 Å². The van der Waals surface area contributed by atoms with Crippen molar-refractivity contribution < 1.29 is 18.0 Å². The summed E-state index contributed by atoms with van der Waals surface area (Å²) < 4.78 is 23.1. The number of nitrogens with zero attached hydrogens (tertiary/aromatic N) is 2. The number of hydrogen-bond donors (Lipinski definition) is 1. The highest BCUT2D eigenvalue weighted by molar-refractivity contribution is 7.91. The number of sulfone groups is 1. The van der Waals surface area contributed by atoms with E-state index < -0.39 is 9.84 Å². The van der Waals surface area contributed by atoms with Gasteiger partial charge in [0.1, 0.15) is 20.5 Å². The molecule has 7 nitrogen and oxygen atoms in total. The molecular weight excluding hydrogens is 374 g/mol. The van der Waals surface area contributed by atoms with Gasteiger partial charge in [-0.15, -0.1) is 11.3 Å². The zero-order valence-electron chi connectivity index (χ0n) is 15.7. The smallest absolute Gasteiger partial charge is 0.273 e. The Kier molecular flexibility index (Phi) is 6.79. The molecule has 1 aromatic heterocycles. The van der Waals surface area contributed by atoms with Crippen molar-refractivity contribution >= 4 is 33.0 Å². The van der Waals surface area contributed by atoms with Crippen LogP contribution < -0.4 is 5.32 Å². The minimum absolute atomic E-state index is 0.0852. The Hall–Kier alpha value is -1.48. The van der Waals surface area contributed by atoms with Crippen molar-refractivity contribution in [2.24, 2.45) is 5.92 Å². The van der Waals surface area contributed by atoms with Crippen LogP contribution in [0.2, 0.25) is 0 Å². The Morgan fingerprint density at radius 2 is 1.96 bits per heavy atom. The summed E-state index contributed by atoms with van der Waals surface area (Å²) in [6.07, 6.45) is 1.67. The van der Waals surface area contributed by atoms with E-state index in [1.807, 2.05) is 0 Å². The summed E-state index contributed by atoms with van der Waals surface area (Å²) in [5.74, 6) is 0.289. The Labute approximate surface area is 159 Å². The summed E-state index contributed by atoms with van der Waals surface area (Å²) >= 11 is 1.36. The second kappa shape index (κ2) is 8.47. The fourth-order valence-corrected chi connectivity index (χ4v) is 5.42. The molecule has 1 saturated heterocycles. The molecule has 0 saturated carbocycles. The van der Waals surface area contributed by atoms with Crippen molar-refractivity contribution in [3.63, 3.8) is 0 Å². The standard InChI is InChI=1S/C17H27N3O4S2/c1-11(2)9-14(18-12(3)21)16-19-15(10-25-16)17(22)20(4)13-5-7-26(23,24)8-6-13/h10-11,13-14H,5-9H2,1-4H3,(H,18,21)/t14-/m0/s1. The van der Waals surface area contributed by atoms with E-state index >= 15 is 0 Å². The van der Waals surface area contributed by atoms with Crippen molar-refractivity contribution in [1.82, 2.24) is 15.2 Å². The fraction of sp³-hybridized carbons (Fsp3) is 0.706. The molecule has 0 radical (unpaired) electrons. The van der Waals surface area contributed by atoms with E-state index in [-0.39, 0.29) is 35.4 Å². The highest BCUT2D eigenvalue weighted by Gasteiger charge is 2.30. The first-order chi connectivity index (χ1) is 12.1. The largest absolute Gasteiger partial charge is 0.347 e. The van der Waals surface area contributed by atoms with Gasteiger partial charge in [-0.25, -0.2) is 13.4 Å². The number of carbonyl (C=O) groups is 2. The minimum atomic E-state index is -2.96. The van der Waals surface area contributed by atoms with Crippen LogP contribution in [-0.2, 0) is 14.6 Å². The van der Waals surface area contributed by atoms with Crippen LogP contribution in [0.25, 0.3) is 0 Å². The van der Waals surface area contributed by atoms with Gasteiger partial charge in [-0.2, -0.15) is 0 Å². The summed E-state index contributed by atoms with van der Waals surface area (Å²) in [6, 6.07) is -0.290. The summed E-state index contributed by atoms with van der Waals surface area (Å²) in [5, 5.41) is 5.33. The summed E-state index contributed by atoms with van der Waals surface area (Å²) in [5.41, 5.74) is 0.347. The molecule has 2 heterocycles. The Balaban J connectivity index is 2.09. The molecule has 1 aromatic rings. The maximum atomic E-state index is 12.7. The number of aromatic nitrogens is 1. The van der Waals surface area contributed by atoms with E-state index in [4.69, 9.17) is 0 Å². The van der Waals surface area contributed by atoms with Crippen molar-refractivity contribution in [3.05, 3.63) is 16.1 Å². The van der Waals surface area contributed by atoms with Crippen LogP contribution in [-0.4, -0.2) is 54.7 Å². The lowest BCUT2D eigenvalue weighted by Crippen LogP contribution is -2.42. The van der Waals surface area contributed by atoms with Gasteiger partial charge in [0.25, 0.3) is 5.91 Å². The zero-order valence-corrected chi connectivity index (χ0v) is 17.3. The van der Waals surface area contributed by atoms with Gasteiger partial charge in [0, 0.05) is 25.4 Å². The molecule has 1 N–H and O–H groups in total. The van der Waals surface area contributed by atoms with Gasteiger partial charge in [0.2, 0.25) is 5.91 Å². The summed E-state index contributed by atoms with van der Waals surface area (Å²) in [6.45, 7) is 5.61. The molecule has 1 atom stereocenters. The maximum Gasteiger partial charge on any atom is 0.273 e. The molecule has 0 aliphatic carbocycles. The lowest BCUT2D eigenvalue weighted by atomic mass is 10.0. The van der Waals surface area contributed by atoms with Gasteiger partial charge in [0.15, 0.2) is 0 Å². The lowest BCUT2D eigenvalue weighted by molar-refractivity contribution is -0.119. The molecule has 0 unspecified atom stereocenters. The molecule has 9 heteroatoms.